The SMILES string of the molecule is C.C.Cc1nn(Cc2ccc(F)cc2)c2c1CCN(C(=O)CC1CCC(C(=O)O)CC1)C2.Cc1nn(Cc2ccc(F)cc2)c2c1CCN(C(=O)CC1CCC(CC(=O)O)CC1)C2. The van der Waals surface area contributed by atoms with Crippen molar-refractivity contribution in [2.45, 2.75) is 138 Å². The number of amides is 2. The molecule has 2 aliphatic carbocycles. The van der Waals surface area contributed by atoms with Crippen LogP contribution < -0.4 is 0 Å². The minimum absolute atomic E-state index is 0. The van der Waals surface area contributed by atoms with Crippen LogP contribution in [-0.2, 0) is 58.2 Å². The van der Waals surface area contributed by atoms with Gasteiger partial charge in [-0.3, -0.25) is 28.5 Å². The largest absolute Gasteiger partial charge is 0.481 e. The van der Waals surface area contributed by atoms with E-state index < -0.39 is 11.9 Å². The minimum Gasteiger partial charge on any atom is -0.481 e. The highest BCUT2D eigenvalue weighted by Crippen LogP contribution is 2.35. The highest BCUT2D eigenvalue weighted by atomic mass is 19.1. The summed E-state index contributed by atoms with van der Waals surface area (Å²) in [7, 11) is 0. The van der Waals surface area contributed by atoms with Gasteiger partial charge in [0.2, 0.25) is 11.8 Å². The molecule has 2 aliphatic heterocycles. The van der Waals surface area contributed by atoms with E-state index in [0.29, 0.717) is 70.9 Å². The Morgan fingerprint density at radius 2 is 0.952 bits per heavy atom. The van der Waals surface area contributed by atoms with Crippen LogP contribution in [0.25, 0.3) is 0 Å². The topological polar surface area (TPSA) is 151 Å². The lowest BCUT2D eigenvalue weighted by Crippen LogP contribution is -2.38. The Hall–Kier alpha value is -5.40. The zero-order valence-electron chi connectivity index (χ0n) is 35.3. The van der Waals surface area contributed by atoms with Crippen molar-refractivity contribution in [3.63, 3.8) is 0 Å². The van der Waals surface area contributed by atoms with Crippen LogP contribution in [0.1, 0.15) is 131 Å². The molecule has 2 aromatic heterocycles. The van der Waals surface area contributed by atoms with Gasteiger partial charge in [-0.15, -0.1) is 0 Å². The molecule has 0 saturated heterocycles. The molecule has 2 amide bonds. The first-order chi connectivity index (χ1) is 29.3. The van der Waals surface area contributed by atoms with Crippen molar-refractivity contribution in [2.24, 2.45) is 23.7 Å². The van der Waals surface area contributed by atoms with Crippen LogP contribution in [0.4, 0.5) is 8.78 Å². The van der Waals surface area contributed by atoms with Gasteiger partial charge >= 0.3 is 11.9 Å². The fourth-order valence-electron chi connectivity index (χ4n) is 9.82. The third-order valence-corrected chi connectivity index (χ3v) is 13.4. The maximum atomic E-state index is 13.2. The highest BCUT2D eigenvalue weighted by molar-refractivity contribution is 5.77. The Balaban J connectivity index is 0.000000230. The number of hydrogen-bond donors (Lipinski definition) is 2. The third kappa shape index (κ3) is 12.4. The van der Waals surface area contributed by atoms with Gasteiger partial charge in [0.15, 0.2) is 0 Å². The first-order valence-electron chi connectivity index (χ1n) is 21.9. The molecule has 2 saturated carbocycles. The number of carboxylic acid groups (broad SMARTS) is 2. The van der Waals surface area contributed by atoms with Crippen molar-refractivity contribution in [1.82, 2.24) is 29.4 Å². The Kier molecular flexibility index (Phi) is 16.8. The number of aromatic nitrogens is 4. The van der Waals surface area contributed by atoms with Crippen LogP contribution in [0.15, 0.2) is 48.5 Å². The Bertz CT molecular complexity index is 2190. The van der Waals surface area contributed by atoms with E-state index in [9.17, 15) is 28.0 Å². The number of carbonyl (C=O) groups excluding carboxylic acids is 2. The van der Waals surface area contributed by atoms with Gasteiger partial charge in [0, 0.05) is 32.4 Å². The van der Waals surface area contributed by atoms with Gasteiger partial charge in [-0.2, -0.15) is 10.2 Å². The van der Waals surface area contributed by atoms with E-state index in [1.165, 1.54) is 35.4 Å². The van der Waals surface area contributed by atoms with E-state index in [1.54, 1.807) is 24.3 Å². The number of rotatable bonds is 11. The Morgan fingerprint density at radius 3 is 1.32 bits per heavy atom. The average Bonchev–Trinajstić information content (AvgIpc) is 3.73. The zero-order chi connectivity index (χ0) is 43.2. The Labute approximate surface area is 370 Å². The van der Waals surface area contributed by atoms with Crippen LogP contribution in [0.3, 0.4) is 0 Å². The molecule has 0 bridgehead atoms. The van der Waals surface area contributed by atoms with Crippen molar-refractivity contribution in [3.8, 4) is 0 Å². The fourth-order valence-corrected chi connectivity index (χ4v) is 9.82. The molecule has 14 heteroatoms. The number of halogens is 2. The second kappa shape index (κ2) is 21.8. The van der Waals surface area contributed by atoms with Crippen molar-refractivity contribution < 1.29 is 38.2 Å². The van der Waals surface area contributed by atoms with Crippen molar-refractivity contribution >= 4 is 23.8 Å². The summed E-state index contributed by atoms with van der Waals surface area (Å²) in [5.41, 5.74) is 8.52. The van der Waals surface area contributed by atoms with E-state index in [4.69, 9.17) is 10.2 Å². The van der Waals surface area contributed by atoms with Gasteiger partial charge < -0.3 is 20.0 Å². The molecule has 0 atom stereocenters. The summed E-state index contributed by atoms with van der Waals surface area (Å²) < 4.78 is 30.3. The second-order valence-corrected chi connectivity index (χ2v) is 17.7. The lowest BCUT2D eigenvalue weighted by molar-refractivity contribution is -0.143. The number of aliphatic carboxylic acids is 2. The quantitative estimate of drug-likeness (QED) is 0.152. The first-order valence-corrected chi connectivity index (χ1v) is 21.9. The molecule has 2 aromatic carbocycles. The molecule has 4 aromatic rings. The number of fused-ring (bicyclic) bond motifs is 2. The van der Waals surface area contributed by atoms with E-state index in [2.05, 4.69) is 10.2 Å². The molecular weight excluding hydrogens is 807 g/mol. The summed E-state index contributed by atoms with van der Waals surface area (Å²) in [4.78, 5) is 51.8. The molecule has 4 heterocycles. The number of carbonyl (C=O) groups is 4. The van der Waals surface area contributed by atoms with Gasteiger partial charge in [0.05, 0.1) is 54.9 Å². The summed E-state index contributed by atoms with van der Waals surface area (Å²) in [5.74, 6) is -0.994. The van der Waals surface area contributed by atoms with Crippen LogP contribution in [0, 0.1) is 49.2 Å². The van der Waals surface area contributed by atoms with Gasteiger partial charge in [0.1, 0.15) is 11.6 Å². The summed E-state index contributed by atoms with van der Waals surface area (Å²) in [6.07, 6.45) is 9.50. The third-order valence-electron chi connectivity index (χ3n) is 13.4. The van der Waals surface area contributed by atoms with E-state index in [-0.39, 0.29) is 62.5 Å². The molecule has 8 rings (SSSR count). The molecule has 2 N–H and O–H groups in total. The molecule has 342 valence electrons. The average molecular weight is 873 g/mol. The highest BCUT2D eigenvalue weighted by Gasteiger charge is 2.32. The van der Waals surface area contributed by atoms with Gasteiger partial charge in [-0.05, 0) is 142 Å². The molecule has 2 fully saturated rings. The second-order valence-electron chi connectivity index (χ2n) is 17.7. The van der Waals surface area contributed by atoms with Gasteiger partial charge in [0.25, 0.3) is 0 Å². The summed E-state index contributed by atoms with van der Waals surface area (Å²) in [5, 5.41) is 27.5. The predicted octanol–water partition coefficient (Wildman–Crippen LogP) is 8.75. The first kappa shape index (κ1) is 48.6. The van der Waals surface area contributed by atoms with Crippen LogP contribution >= 0.6 is 0 Å². The molecule has 0 spiro atoms. The van der Waals surface area contributed by atoms with E-state index in [0.717, 1.165) is 85.3 Å². The van der Waals surface area contributed by atoms with E-state index in [1.807, 2.05) is 33.0 Å². The summed E-state index contributed by atoms with van der Waals surface area (Å²) >= 11 is 0. The fraction of sp³-hybridized carbons (Fsp3) is 0.551. The molecular formula is C49H66F2N6O6. The van der Waals surface area contributed by atoms with Crippen LogP contribution in [0.2, 0.25) is 0 Å². The minimum atomic E-state index is -0.726. The van der Waals surface area contributed by atoms with Crippen LogP contribution in [0.5, 0.6) is 0 Å². The van der Waals surface area contributed by atoms with Gasteiger partial charge in [-0.1, -0.05) is 39.1 Å². The monoisotopic (exact) mass is 873 g/mol. The summed E-state index contributed by atoms with van der Waals surface area (Å²) in [6, 6.07) is 12.9. The predicted molar refractivity (Wildman–Crippen MR) is 237 cm³/mol. The maximum absolute atomic E-state index is 13.2. The molecule has 12 nitrogen and oxygen atoms in total. The number of carboxylic acids is 2. The maximum Gasteiger partial charge on any atom is 0.306 e. The number of nitrogens with zero attached hydrogens (tertiary/aromatic N) is 6. The number of benzene rings is 2. The van der Waals surface area contributed by atoms with Crippen molar-refractivity contribution in [2.75, 3.05) is 13.1 Å². The Morgan fingerprint density at radius 1 is 0.587 bits per heavy atom. The lowest BCUT2D eigenvalue weighted by Gasteiger charge is -2.32. The van der Waals surface area contributed by atoms with Crippen molar-refractivity contribution in [1.29, 1.82) is 0 Å². The zero-order valence-corrected chi connectivity index (χ0v) is 35.3. The summed E-state index contributed by atoms with van der Waals surface area (Å²) in [6.45, 7) is 7.63. The van der Waals surface area contributed by atoms with E-state index >= 15 is 0 Å². The molecule has 63 heavy (non-hydrogen) atoms. The molecule has 0 radical (unpaired) electrons. The molecule has 0 unspecified atom stereocenters. The standard InChI is InChI=1S/C24H30FN3O3.C23H28FN3O3.2CH4/c1-16-21-10-11-27(23(29)12-17-2-4-18(5-3-17)13-24(30)31)15-22(21)28(26-16)14-19-6-8-20(25)9-7-19;1-15-20-10-11-26(22(28)12-16-2-6-18(7-3-16)23(29)30)14-21(20)27(25-15)13-17-4-8-19(24)9-5-17;;/h6-9,17-18H,2-5,10-15H2,1H3,(H,30,31);4-5,8-9,16,18H,2-3,6-7,10-14H2,1H3,(H,29,30);2*1H4. The smallest absolute Gasteiger partial charge is 0.306 e. The number of aryl methyl sites for hydroxylation is 2. The molecule has 4 aliphatic rings. The lowest BCUT2D eigenvalue weighted by atomic mass is 9.79. The number of hydrogen-bond acceptors (Lipinski definition) is 6. The normalized spacial score (nSPS) is 20.5. The van der Waals surface area contributed by atoms with Gasteiger partial charge in [-0.25, -0.2) is 8.78 Å². The van der Waals surface area contributed by atoms with Crippen LogP contribution in [-0.4, -0.2) is 76.4 Å². The van der Waals surface area contributed by atoms with Crippen molar-refractivity contribution in [3.05, 3.63) is 105 Å².